The maximum atomic E-state index is 11.4. The summed E-state index contributed by atoms with van der Waals surface area (Å²) in [6.45, 7) is 2.02. The lowest BCUT2D eigenvalue weighted by Crippen LogP contribution is -2.03. The molecule has 0 aliphatic rings. The molecule has 1 heterocycles. The minimum Gasteiger partial charge on any atom is -0.460 e. The molecule has 0 N–H and O–H groups in total. The van der Waals surface area contributed by atoms with Crippen LogP contribution in [0.1, 0.15) is 17.5 Å². The highest BCUT2D eigenvalue weighted by molar-refractivity contribution is 6.35. The van der Waals surface area contributed by atoms with Crippen molar-refractivity contribution in [3.63, 3.8) is 0 Å². The van der Waals surface area contributed by atoms with Crippen LogP contribution in [0.5, 0.6) is 0 Å². The second-order valence-corrected chi connectivity index (χ2v) is 3.28. The molecule has 2 aromatic rings. The summed E-state index contributed by atoms with van der Waals surface area (Å²) in [6.07, 6.45) is 0. The summed E-state index contributed by atoms with van der Waals surface area (Å²) < 4.78 is 9.72. The van der Waals surface area contributed by atoms with Gasteiger partial charge < -0.3 is 9.26 Å². The summed E-state index contributed by atoms with van der Waals surface area (Å²) in [6, 6.07) is 5.12. The van der Waals surface area contributed by atoms with Crippen LogP contribution in [-0.4, -0.2) is 17.7 Å². The van der Waals surface area contributed by atoms with Gasteiger partial charge >= 0.3 is 5.97 Å². The van der Waals surface area contributed by atoms with E-state index in [1.54, 1.807) is 25.1 Å². The SMILES string of the molecule is CCOC(=O)c1onc2c(Cl)cccc12. The standard InChI is InChI=1S/C10H8ClNO3/c1-2-14-10(13)9-6-4-3-5-7(11)8(6)12-15-9/h3-5H,2H2,1H3. The number of halogens is 1. The van der Waals surface area contributed by atoms with Crippen molar-refractivity contribution in [2.45, 2.75) is 6.92 Å². The van der Waals surface area contributed by atoms with Crippen LogP contribution >= 0.6 is 11.6 Å². The van der Waals surface area contributed by atoms with Gasteiger partial charge in [-0.2, -0.15) is 0 Å². The van der Waals surface area contributed by atoms with Crippen molar-refractivity contribution in [3.8, 4) is 0 Å². The van der Waals surface area contributed by atoms with Crippen molar-refractivity contribution >= 4 is 28.5 Å². The number of hydrogen-bond donors (Lipinski definition) is 0. The van der Waals surface area contributed by atoms with E-state index in [9.17, 15) is 4.79 Å². The van der Waals surface area contributed by atoms with Gasteiger partial charge in [0.25, 0.3) is 5.76 Å². The molecular weight excluding hydrogens is 218 g/mol. The predicted octanol–water partition coefficient (Wildman–Crippen LogP) is 2.66. The van der Waals surface area contributed by atoms with E-state index in [2.05, 4.69) is 5.16 Å². The van der Waals surface area contributed by atoms with E-state index >= 15 is 0 Å². The van der Waals surface area contributed by atoms with Gasteiger partial charge in [0.05, 0.1) is 17.0 Å². The Kier molecular flexibility index (Phi) is 2.60. The third-order valence-corrected chi connectivity index (χ3v) is 2.23. The van der Waals surface area contributed by atoms with Crippen LogP contribution in [0.25, 0.3) is 10.9 Å². The molecule has 0 spiro atoms. The third kappa shape index (κ3) is 1.68. The summed E-state index contributed by atoms with van der Waals surface area (Å²) in [5, 5.41) is 4.73. The molecule has 4 nitrogen and oxygen atoms in total. The Morgan fingerprint density at radius 3 is 3.13 bits per heavy atom. The number of benzene rings is 1. The molecule has 78 valence electrons. The molecule has 0 unspecified atom stereocenters. The number of hydrogen-bond acceptors (Lipinski definition) is 4. The van der Waals surface area contributed by atoms with E-state index in [0.717, 1.165) is 0 Å². The van der Waals surface area contributed by atoms with Crippen molar-refractivity contribution in [2.24, 2.45) is 0 Å². The van der Waals surface area contributed by atoms with Crippen LogP contribution < -0.4 is 0 Å². The van der Waals surface area contributed by atoms with Crippen LogP contribution in [0.3, 0.4) is 0 Å². The number of nitrogens with zero attached hydrogens (tertiary/aromatic N) is 1. The number of rotatable bonds is 2. The zero-order valence-electron chi connectivity index (χ0n) is 7.99. The lowest BCUT2D eigenvalue weighted by molar-refractivity contribution is 0.0483. The molecule has 0 amide bonds. The van der Waals surface area contributed by atoms with Crippen LogP contribution in [0.15, 0.2) is 22.7 Å². The number of carbonyl (C=O) groups excluding carboxylic acids is 1. The summed E-state index contributed by atoms with van der Waals surface area (Å²) in [4.78, 5) is 11.4. The molecular formula is C10H8ClNO3. The zero-order valence-corrected chi connectivity index (χ0v) is 8.75. The first-order chi connectivity index (χ1) is 7.24. The molecule has 0 saturated carbocycles. The first kappa shape index (κ1) is 9.98. The predicted molar refractivity (Wildman–Crippen MR) is 55.0 cm³/mol. The Hall–Kier alpha value is -1.55. The van der Waals surface area contributed by atoms with Crippen LogP contribution in [0.2, 0.25) is 5.02 Å². The van der Waals surface area contributed by atoms with Crippen LogP contribution in [0.4, 0.5) is 0 Å². The van der Waals surface area contributed by atoms with Gasteiger partial charge in [-0.15, -0.1) is 0 Å². The van der Waals surface area contributed by atoms with Crippen molar-refractivity contribution in [3.05, 3.63) is 29.0 Å². The second kappa shape index (κ2) is 3.90. The van der Waals surface area contributed by atoms with Gasteiger partial charge in [0.15, 0.2) is 0 Å². The largest absolute Gasteiger partial charge is 0.460 e. The first-order valence-corrected chi connectivity index (χ1v) is 4.83. The minimum absolute atomic E-state index is 0.0920. The van der Waals surface area contributed by atoms with Crippen molar-refractivity contribution in [2.75, 3.05) is 6.61 Å². The summed E-state index contributed by atoms with van der Waals surface area (Å²) in [7, 11) is 0. The molecule has 0 atom stereocenters. The number of carbonyl (C=O) groups is 1. The van der Waals surface area contributed by atoms with Gasteiger partial charge in [0, 0.05) is 0 Å². The zero-order chi connectivity index (χ0) is 10.8. The molecule has 0 bridgehead atoms. The highest BCUT2D eigenvalue weighted by atomic mass is 35.5. The van der Waals surface area contributed by atoms with E-state index in [4.69, 9.17) is 20.9 Å². The average Bonchev–Trinajstić information content (AvgIpc) is 2.63. The molecule has 0 aliphatic carbocycles. The molecule has 0 aliphatic heterocycles. The van der Waals surface area contributed by atoms with Gasteiger partial charge in [-0.3, -0.25) is 0 Å². The fourth-order valence-electron chi connectivity index (χ4n) is 1.28. The fourth-order valence-corrected chi connectivity index (χ4v) is 1.48. The molecule has 1 aromatic heterocycles. The van der Waals surface area contributed by atoms with E-state index < -0.39 is 5.97 Å². The van der Waals surface area contributed by atoms with E-state index in [0.29, 0.717) is 22.5 Å². The van der Waals surface area contributed by atoms with Gasteiger partial charge in [0.1, 0.15) is 5.52 Å². The fraction of sp³-hybridized carbons (Fsp3) is 0.200. The quantitative estimate of drug-likeness (QED) is 0.738. The van der Waals surface area contributed by atoms with E-state index in [-0.39, 0.29) is 5.76 Å². The summed E-state index contributed by atoms with van der Waals surface area (Å²) >= 11 is 5.88. The average molecular weight is 226 g/mol. The Morgan fingerprint density at radius 1 is 1.60 bits per heavy atom. The van der Waals surface area contributed by atoms with E-state index in [1.807, 2.05) is 0 Å². The monoisotopic (exact) mass is 225 g/mol. The molecule has 0 saturated heterocycles. The Balaban J connectivity index is 2.54. The number of ether oxygens (including phenoxy) is 1. The maximum Gasteiger partial charge on any atom is 0.377 e. The molecule has 1 aromatic carbocycles. The van der Waals surface area contributed by atoms with E-state index in [1.165, 1.54) is 0 Å². The minimum atomic E-state index is -0.526. The Labute approximate surface area is 90.8 Å². The van der Waals surface area contributed by atoms with Gasteiger partial charge in [-0.1, -0.05) is 22.8 Å². The lowest BCUT2D eigenvalue weighted by atomic mass is 10.2. The molecule has 2 rings (SSSR count). The van der Waals surface area contributed by atoms with Gasteiger partial charge in [0.2, 0.25) is 0 Å². The van der Waals surface area contributed by atoms with Crippen molar-refractivity contribution in [1.29, 1.82) is 0 Å². The first-order valence-electron chi connectivity index (χ1n) is 4.45. The normalized spacial score (nSPS) is 10.5. The third-order valence-electron chi connectivity index (χ3n) is 1.92. The second-order valence-electron chi connectivity index (χ2n) is 2.87. The van der Waals surface area contributed by atoms with Crippen LogP contribution in [0, 0.1) is 0 Å². The molecule has 15 heavy (non-hydrogen) atoms. The Bertz CT molecular complexity index is 506. The van der Waals surface area contributed by atoms with Crippen molar-refractivity contribution < 1.29 is 14.1 Å². The number of esters is 1. The molecule has 0 radical (unpaired) electrons. The van der Waals surface area contributed by atoms with Crippen molar-refractivity contribution in [1.82, 2.24) is 5.16 Å². The van der Waals surface area contributed by atoms with Gasteiger partial charge in [-0.25, -0.2) is 4.79 Å². The number of aromatic nitrogens is 1. The number of fused-ring (bicyclic) bond motifs is 1. The smallest absolute Gasteiger partial charge is 0.377 e. The van der Waals surface area contributed by atoms with Gasteiger partial charge in [-0.05, 0) is 19.1 Å². The maximum absolute atomic E-state index is 11.4. The highest BCUT2D eigenvalue weighted by Gasteiger charge is 2.18. The molecule has 0 fully saturated rings. The summed E-state index contributed by atoms with van der Waals surface area (Å²) in [5.41, 5.74) is 0.474. The topological polar surface area (TPSA) is 52.3 Å². The lowest BCUT2D eigenvalue weighted by Gasteiger charge is -1.96. The summed E-state index contributed by atoms with van der Waals surface area (Å²) in [5.74, 6) is -0.434. The highest BCUT2D eigenvalue weighted by Crippen LogP contribution is 2.25. The molecule has 5 heteroatoms. The van der Waals surface area contributed by atoms with Crippen LogP contribution in [-0.2, 0) is 4.74 Å². The Morgan fingerprint density at radius 2 is 2.40 bits per heavy atom.